The first kappa shape index (κ1) is 19.6. The van der Waals surface area contributed by atoms with Crippen LogP contribution in [0.4, 0.5) is 8.78 Å². The lowest BCUT2D eigenvalue weighted by molar-refractivity contribution is -0.124. The Bertz CT molecular complexity index is 974. The summed E-state index contributed by atoms with van der Waals surface area (Å²) < 4.78 is 31.4. The lowest BCUT2D eigenvalue weighted by Crippen LogP contribution is -2.30. The van der Waals surface area contributed by atoms with Crippen molar-refractivity contribution in [3.63, 3.8) is 0 Å². The van der Waals surface area contributed by atoms with E-state index in [0.29, 0.717) is 22.6 Å². The van der Waals surface area contributed by atoms with Gasteiger partial charge in [0.05, 0.1) is 0 Å². The number of thiazole rings is 1. The Morgan fingerprint density at radius 2 is 1.82 bits per heavy atom. The molecule has 0 atom stereocenters. The predicted molar refractivity (Wildman–Crippen MR) is 101 cm³/mol. The Morgan fingerprint density at radius 1 is 1.07 bits per heavy atom. The molecule has 1 amide bonds. The fourth-order valence-electron chi connectivity index (χ4n) is 2.39. The number of carbonyl (C=O) groups is 2. The molecule has 0 aliphatic rings. The molecule has 0 spiro atoms. The monoisotopic (exact) mass is 402 g/mol. The Hall–Kier alpha value is -3.13. The Morgan fingerprint density at radius 3 is 2.57 bits per heavy atom. The van der Waals surface area contributed by atoms with Crippen LogP contribution in [0, 0.1) is 11.6 Å². The number of nitrogens with one attached hydrogen (secondary N) is 1. The third kappa shape index (κ3) is 5.20. The topological polar surface area (TPSA) is 68.3 Å². The van der Waals surface area contributed by atoms with E-state index in [4.69, 9.17) is 4.74 Å². The van der Waals surface area contributed by atoms with Gasteiger partial charge in [-0.05, 0) is 42.3 Å². The van der Waals surface area contributed by atoms with E-state index in [0.717, 1.165) is 0 Å². The second-order valence-corrected chi connectivity index (χ2v) is 6.67. The zero-order valence-corrected chi connectivity index (χ0v) is 15.5. The zero-order valence-electron chi connectivity index (χ0n) is 14.7. The summed E-state index contributed by atoms with van der Waals surface area (Å²) in [5, 5.41) is 4.62. The van der Waals surface area contributed by atoms with Gasteiger partial charge < -0.3 is 10.1 Å². The van der Waals surface area contributed by atoms with E-state index >= 15 is 0 Å². The van der Waals surface area contributed by atoms with E-state index < -0.39 is 18.5 Å². The number of hydrogen-bond acceptors (Lipinski definition) is 5. The molecule has 5 nitrogen and oxygen atoms in total. The number of rotatable bonds is 7. The molecule has 0 aliphatic heterocycles. The van der Waals surface area contributed by atoms with Crippen LogP contribution in [0.2, 0.25) is 0 Å². The summed E-state index contributed by atoms with van der Waals surface area (Å²) in [4.78, 5) is 27.9. The van der Waals surface area contributed by atoms with Gasteiger partial charge in [0.2, 0.25) is 0 Å². The normalized spacial score (nSPS) is 10.5. The van der Waals surface area contributed by atoms with Crippen LogP contribution in [0.25, 0.3) is 10.6 Å². The third-order valence-corrected chi connectivity index (χ3v) is 4.70. The molecular weight excluding hydrogens is 386 g/mol. The van der Waals surface area contributed by atoms with Gasteiger partial charge in [-0.25, -0.2) is 18.6 Å². The van der Waals surface area contributed by atoms with Gasteiger partial charge in [0.15, 0.2) is 12.3 Å². The molecule has 28 heavy (non-hydrogen) atoms. The van der Waals surface area contributed by atoms with E-state index in [-0.39, 0.29) is 23.9 Å². The highest BCUT2D eigenvalue weighted by Crippen LogP contribution is 2.24. The van der Waals surface area contributed by atoms with Crippen LogP contribution in [-0.4, -0.2) is 30.0 Å². The molecule has 0 unspecified atom stereocenters. The van der Waals surface area contributed by atoms with Crippen LogP contribution < -0.4 is 5.32 Å². The largest absolute Gasteiger partial charge is 0.451 e. The quantitative estimate of drug-likeness (QED) is 0.613. The van der Waals surface area contributed by atoms with Gasteiger partial charge in [0.25, 0.3) is 5.91 Å². The summed E-state index contributed by atoms with van der Waals surface area (Å²) in [7, 11) is 0. The minimum atomic E-state index is -0.728. The second kappa shape index (κ2) is 9.18. The minimum absolute atomic E-state index is 0.0727. The van der Waals surface area contributed by atoms with Gasteiger partial charge in [-0.1, -0.05) is 18.2 Å². The standard InChI is InChI=1S/C20H16F2N2O3S/c21-15-7-5-14(6-8-15)19-24-17(12-28-19)20(26)27-11-18(25)23-10-9-13-3-1-2-4-16(13)22/h1-8,12H,9-11H2,(H,23,25). The number of hydrogen-bond donors (Lipinski definition) is 1. The van der Waals surface area contributed by atoms with Crippen LogP contribution in [0.1, 0.15) is 16.1 Å². The fourth-order valence-corrected chi connectivity index (χ4v) is 3.18. The van der Waals surface area contributed by atoms with Crippen molar-refractivity contribution in [3.05, 3.63) is 76.8 Å². The molecular formula is C20H16F2N2O3S. The maximum absolute atomic E-state index is 13.5. The first-order valence-electron chi connectivity index (χ1n) is 8.41. The van der Waals surface area contributed by atoms with Gasteiger partial charge >= 0.3 is 5.97 Å². The van der Waals surface area contributed by atoms with Crippen LogP contribution in [0.15, 0.2) is 53.9 Å². The summed E-state index contributed by atoms with van der Waals surface area (Å²) in [6.07, 6.45) is 0.333. The van der Waals surface area contributed by atoms with Crippen molar-refractivity contribution >= 4 is 23.2 Å². The highest BCUT2D eigenvalue weighted by Gasteiger charge is 2.15. The smallest absolute Gasteiger partial charge is 0.358 e. The van der Waals surface area contributed by atoms with Gasteiger partial charge in [0.1, 0.15) is 16.6 Å². The molecule has 8 heteroatoms. The molecule has 0 bridgehead atoms. The summed E-state index contributed by atoms with van der Waals surface area (Å²) >= 11 is 1.21. The van der Waals surface area contributed by atoms with E-state index in [2.05, 4.69) is 10.3 Å². The van der Waals surface area contributed by atoms with Crippen LogP contribution in [0.3, 0.4) is 0 Å². The average Bonchev–Trinajstić information content (AvgIpc) is 3.18. The lowest BCUT2D eigenvalue weighted by Gasteiger charge is -2.06. The van der Waals surface area contributed by atoms with Gasteiger partial charge in [-0.15, -0.1) is 11.3 Å². The Labute approximate surface area is 164 Å². The summed E-state index contributed by atoms with van der Waals surface area (Å²) in [6, 6.07) is 12.0. The summed E-state index contributed by atoms with van der Waals surface area (Å²) in [6.45, 7) is -0.234. The Kier molecular flexibility index (Phi) is 6.44. The molecule has 3 rings (SSSR count). The minimum Gasteiger partial charge on any atom is -0.451 e. The molecule has 2 aromatic carbocycles. The third-order valence-electron chi connectivity index (χ3n) is 3.81. The number of benzene rings is 2. The van der Waals surface area contributed by atoms with Crippen molar-refractivity contribution in [2.45, 2.75) is 6.42 Å². The molecule has 0 saturated heterocycles. The van der Waals surface area contributed by atoms with Crippen molar-refractivity contribution in [1.29, 1.82) is 0 Å². The van der Waals surface area contributed by atoms with Crippen LogP contribution in [0.5, 0.6) is 0 Å². The molecule has 144 valence electrons. The number of aromatic nitrogens is 1. The number of carbonyl (C=O) groups excluding carboxylic acids is 2. The van der Waals surface area contributed by atoms with Crippen LogP contribution in [-0.2, 0) is 16.0 Å². The van der Waals surface area contributed by atoms with Crippen molar-refractivity contribution in [3.8, 4) is 10.6 Å². The van der Waals surface area contributed by atoms with E-state index in [1.807, 2.05) is 0 Å². The van der Waals surface area contributed by atoms with Crippen LogP contribution >= 0.6 is 11.3 Å². The lowest BCUT2D eigenvalue weighted by atomic mass is 10.1. The number of esters is 1. The number of amides is 1. The van der Waals surface area contributed by atoms with Gasteiger partial charge in [0, 0.05) is 17.5 Å². The zero-order chi connectivity index (χ0) is 19.9. The second-order valence-electron chi connectivity index (χ2n) is 5.81. The van der Waals surface area contributed by atoms with Crippen molar-refractivity contribution in [2.24, 2.45) is 0 Å². The maximum Gasteiger partial charge on any atom is 0.358 e. The van der Waals surface area contributed by atoms with Crippen molar-refractivity contribution in [2.75, 3.05) is 13.2 Å². The SMILES string of the molecule is O=C(COC(=O)c1csc(-c2ccc(F)cc2)n1)NCCc1ccccc1F. The molecule has 0 radical (unpaired) electrons. The number of halogens is 2. The molecule has 1 heterocycles. The molecule has 0 saturated carbocycles. The van der Waals surface area contributed by atoms with Gasteiger partial charge in [-0.2, -0.15) is 0 Å². The molecule has 1 aromatic heterocycles. The van der Waals surface area contributed by atoms with Crippen molar-refractivity contribution in [1.82, 2.24) is 10.3 Å². The Balaban J connectivity index is 1.45. The summed E-state index contributed by atoms with van der Waals surface area (Å²) in [5.41, 5.74) is 1.25. The number of nitrogens with zero attached hydrogens (tertiary/aromatic N) is 1. The number of ether oxygens (including phenoxy) is 1. The molecule has 1 N–H and O–H groups in total. The van der Waals surface area contributed by atoms with E-state index in [9.17, 15) is 18.4 Å². The molecule has 0 aliphatic carbocycles. The average molecular weight is 402 g/mol. The highest BCUT2D eigenvalue weighted by atomic mass is 32.1. The van der Waals surface area contributed by atoms with E-state index in [1.54, 1.807) is 30.3 Å². The predicted octanol–water partition coefficient (Wildman–Crippen LogP) is 3.60. The maximum atomic E-state index is 13.5. The van der Waals surface area contributed by atoms with E-state index in [1.165, 1.54) is 34.9 Å². The van der Waals surface area contributed by atoms with Crippen molar-refractivity contribution < 1.29 is 23.1 Å². The highest BCUT2D eigenvalue weighted by molar-refractivity contribution is 7.13. The summed E-state index contributed by atoms with van der Waals surface area (Å²) in [5.74, 6) is -1.91. The van der Waals surface area contributed by atoms with Gasteiger partial charge in [-0.3, -0.25) is 4.79 Å². The first-order valence-corrected chi connectivity index (χ1v) is 9.29. The first-order chi connectivity index (χ1) is 13.5. The molecule has 3 aromatic rings. The molecule has 0 fully saturated rings. The fraction of sp³-hybridized carbons (Fsp3) is 0.150.